The minimum atomic E-state index is -1.11. The molecule has 0 radical (unpaired) electrons. The van der Waals surface area contributed by atoms with Gasteiger partial charge in [0.2, 0.25) is 5.91 Å². The molecule has 0 saturated heterocycles. The number of benzene rings is 1. The zero-order chi connectivity index (χ0) is 15.0. The van der Waals surface area contributed by atoms with Gasteiger partial charge in [0, 0.05) is 18.7 Å². The second kappa shape index (κ2) is 7.78. The maximum Gasteiger partial charge on any atom is 0.323 e. The first-order valence-corrected chi connectivity index (χ1v) is 6.11. The molecule has 0 aliphatic rings. The van der Waals surface area contributed by atoms with E-state index in [9.17, 15) is 14.4 Å². The first-order chi connectivity index (χ1) is 9.50. The monoisotopic (exact) mass is 279 g/mol. The van der Waals surface area contributed by atoms with Crippen LogP contribution >= 0.6 is 0 Å². The third-order valence-electron chi connectivity index (χ3n) is 2.48. The van der Waals surface area contributed by atoms with Crippen LogP contribution in [0.15, 0.2) is 30.3 Å². The number of hydrogen-bond donors (Lipinski definition) is 3. The number of aliphatic carboxylic acids is 1. The molecule has 0 atom stereocenters. The Bertz CT molecular complexity index is 476. The molecule has 4 N–H and O–H groups in total. The molecule has 0 fully saturated rings. The van der Waals surface area contributed by atoms with Crippen molar-refractivity contribution in [2.75, 3.05) is 18.0 Å². The second-order valence-corrected chi connectivity index (χ2v) is 4.12. The van der Waals surface area contributed by atoms with Crippen LogP contribution in [-0.2, 0) is 9.59 Å². The van der Waals surface area contributed by atoms with Crippen molar-refractivity contribution in [3.05, 3.63) is 30.3 Å². The van der Waals surface area contributed by atoms with E-state index in [1.165, 1.54) is 0 Å². The van der Waals surface area contributed by atoms with Crippen molar-refractivity contribution < 1.29 is 19.5 Å². The summed E-state index contributed by atoms with van der Waals surface area (Å²) in [6.45, 7) is -0.184. The van der Waals surface area contributed by atoms with Gasteiger partial charge < -0.3 is 16.2 Å². The van der Waals surface area contributed by atoms with Crippen LogP contribution in [0.2, 0.25) is 0 Å². The van der Waals surface area contributed by atoms with Crippen LogP contribution < -0.4 is 16.0 Å². The number of nitrogens with zero attached hydrogens (tertiary/aromatic N) is 1. The summed E-state index contributed by atoms with van der Waals surface area (Å²) >= 11 is 0. The normalized spacial score (nSPS) is 9.80. The Balaban J connectivity index is 2.61. The quantitative estimate of drug-likeness (QED) is 0.632. The molecule has 0 spiro atoms. The molecule has 0 unspecified atom stereocenters. The number of carboxylic acids is 1. The average Bonchev–Trinajstić information content (AvgIpc) is 2.41. The highest BCUT2D eigenvalue weighted by molar-refractivity contribution is 5.96. The predicted octanol–water partition coefficient (Wildman–Crippen LogP) is 0.553. The molecule has 0 aliphatic carbocycles. The number of carbonyl (C=O) groups is 3. The number of nitrogens with two attached hydrogens (primary N) is 1. The van der Waals surface area contributed by atoms with E-state index in [-0.39, 0.29) is 13.0 Å². The van der Waals surface area contributed by atoms with Crippen molar-refractivity contribution in [3.63, 3.8) is 0 Å². The number of hydrogen-bond acceptors (Lipinski definition) is 3. The van der Waals surface area contributed by atoms with E-state index >= 15 is 0 Å². The molecule has 108 valence electrons. The van der Waals surface area contributed by atoms with Gasteiger partial charge in [0.05, 0.1) is 0 Å². The van der Waals surface area contributed by atoms with E-state index in [0.29, 0.717) is 12.1 Å². The summed E-state index contributed by atoms with van der Waals surface area (Å²) in [5.41, 5.74) is 5.47. The van der Waals surface area contributed by atoms with E-state index in [0.717, 1.165) is 4.90 Å². The van der Waals surface area contributed by atoms with Gasteiger partial charge in [-0.25, -0.2) is 4.79 Å². The lowest BCUT2D eigenvalue weighted by Gasteiger charge is -2.21. The van der Waals surface area contributed by atoms with Crippen molar-refractivity contribution in [2.45, 2.75) is 12.8 Å². The standard InChI is InChI=1S/C13H17N3O4/c14-11(17)7-4-8-15-13(20)16(9-12(18)19)10-5-2-1-3-6-10/h1-3,5-6H,4,7-9H2,(H2,14,17)(H,15,20)(H,18,19). The van der Waals surface area contributed by atoms with Gasteiger partial charge in [-0.2, -0.15) is 0 Å². The Morgan fingerprint density at radius 1 is 1.20 bits per heavy atom. The fourth-order valence-electron chi connectivity index (χ4n) is 1.58. The van der Waals surface area contributed by atoms with Crippen LogP contribution in [0, 0.1) is 0 Å². The fourth-order valence-corrected chi connectivity index (χ4v) is 1.58. The first kappa shape index (κ1) is 15.5. The zero-order valence-electron chi connectivity index (χ0n) is 10.9. The molecule has 0 aromatic heterocycles. The Morgan fingerprint density at radius 2 is 1.85 bits per heavy atom. The van der Waals surface area contributed by atoms with Crippen molar-refractivity contribution in [1.82, 2.24) is 5.32 Å². The number of amides is 3. The lowest BCUT2D eigenvalue weighted by Crippen LogP contribution is -2.43. The van der Waals surface area contributed by atoms with Gasteiger partial charge in [0.1, 0.15) is 6.54 Å². The van der Waals surface area contributed by atoms with Gasteiger partial charge in [0.15, 0.2) is 0 Å². The lowest BCUT2D eigenvalue weighted by atomic mass is 10.3. The number of carboxylic acid groups (broad SMARTS) is 1. The summed E-state index contributed by atoms with van der Waals surface area (Å²) in [5, 5.41) is 11.4. The van der Waals surface area contributed by atoms with E-state index in [4.69, 9.17) is 10.8 Å². The Labute approximate surface area is 116 Å². The number of urea groups is 1. The molecule has 1 aromatic carbocycles. The summed E-state index contributed by atoms with van der Waals surface area (Å²) < 4.78 is 0. The third kappa shape index (κ3) is 5.38. The average molecular weight is 279 g/mol. The molecule has 7 nitrogen and oxygen atoms in total. The van der Waals surface area contributed by atoms with Crippen LogP contribution in [-0.4, -0.2) is 36.1 Å². The summed E-state index contributed by atoms with van der Waals surface area (Å²) in [5.74, 6) is -1.55. The smallest absolute Gasteiger partial charge is 0.323 e. The minimum absolute atomic E-state index is 0.171. The number of anilines is 1. The number of rotatable bonds is 7. The molecule has 1 rings (SSSR count). The topological polar surface area (TPSA) is 113 Å². The first-order valence-electron chi connectivity index (χ1n) is 6.11. The van der Waals surface area contributed by atoms with Gasteiger partial charge >= 0.3 is 12.0 Å². The van der Waals surface area contributed by atoms with E-state index in [1.54, 1.807) is 30.3 Å². The molecule has 0 saturated carbocycles. The maximum atomic E-state index is 12.0. The van der Waals surface area contributed by atoms with Crippen LogP contribution in [0.5, 0.6) is 0 Å². The van der Waals surface area contributed by atoms with Crippen molar-refractivity contribution >= 4 is 23.6 Å². The van der Waals surface area contributed by atoms with E-state index in [2.05, 4.69) is 5.32 Å². The van der Waals surface area contributed by atoms with Gasteiger partial charge in [-0.3, -0.25) is 14.5 Å². The Hall–Kier alpha value is -2.57. The number of carbonyl (C=O) groups excluding carboxylic acids is 2. The summed E-state index contributed by atoms with van der Waals surface area (Å²) in [4.78, 5) is 34.5. The predicted molar refractivity (Wildman–Crippen MR) is 73.3 cm³/mol. The molecule has 20 heavy (non-hydrogen) atoms. The molecule has 0 heterocycles. The van der Waals surface area contributed by atoms with Crippen molar-refractivity contribution in [3.8, 4) is 0 Å². The third-order valence-corrected chi connectivity index (χ3v) is 2.48. The largest absolute Gasteiger partial charge is 0.480 e. The van der Waals surface area contributed by atoms with Crippen LogP contribution in [0.3, 0.4) is 0 Å². The molecule has 1 aromatic rings. The van der Waals surface area contributed by atoms with E-state index < -0.39 is 24.5 Å². The van der Waals surface area contributed by atoms with Crippen molar-refractivity contribution in [1.29, 1.82) is 0 Å². The van der Waals surface area contributed by atoms with Crippen LogP contribution in [0.25, 0.3) is 0 Å². The number of para-hydroxylation sites is 1. The highest BCUT2D eigenvalue weighted by atomic mass is 16.4. The molecule has 0 aliphatic heterocycles. The maximum absolute atomic E-state index is 12.0. The SMILES string of the molecule is NC(=O)CCCNC(=O)N(CC(=O)O)c1ccccc1. The van der Waals surface area contributed by atoms with Crippen LogP contribution in [0.1, 0.15) is 12.8 Å². The summed E-state index contributed by atoms with van der Waals surface area (Å²) in [7, 11) is 0. The zero-order valence-corrected chi connectivity index (χ0v) is 10.9. The van der Waals surface area contributed by atoms with Gasteiger partial charge in [0.25, 0.3) is 0 Å². The molecule has 7 heteroatoms. The lowest BCUT2D eigenvalue weighted by molar-refractivity contribution is -0.135. The molecular weight excluding hydrogens is 262 g/mol. The molecule has 0 bridgehead atoms. The van der Waals surface area contributed by atoms with E-state index in [1.807, 2.05) is 0 Å². The Kier molecular flexibility index (Phi) is 6.02. The number of primary amides is 1. The minimum Gasteiger partial charge on any atom is -0.480 e. The van der Waals surface area contributed by atoms with Crippen molar-refractivity contribution in [2.24, 2.45) is 5.73 Å². The summed E-state index contributed by atoms with van der Waals surface area (Å²) in [6.07, 6.45) is 0.585. The Morgan fingerprint density at radius 3 is 2.40 bits per heavy atom. The highest BCUT2D eigenvalue weighted by Crippen LogP contribution is 2.12. The second-order valence-electron chi connectivity index (χ2n) is 4.12. The highest BCUT2D eigenvalue weighted by Gasteiger charge is 2.17. The molecular formula is C13H17N3O4. The van der Waals surface area contributed by atoms with Gasteiger partial charge in [-0.1, -0.05) is 18.2 Å². The van der Waals surface area contributed by atoms with Gasteiger partial charge in [-0.05, 0) is 18.6 Å². The fraction of sp³-hybridized carbons (Fsp3) is 0.308. The number of nitrogens with one attached hydrogen (secondary N) is 1. The van der Waals surface area contributed by atoms with Gasteiger partial charge in [-0.15, -0.1) is 0 Å². The molecule has 3 amide bonds. The summed E-state index contributed by atoms with van der Waals surface area (Å²) in [6, 6.07) is 7.96. The van der Waals surface area contributed by atoms with Crippen LogP contribution in [0.4, 0.5) is 10.5 Å².